The number of epoxide rings is 1. The van der Waals surface area contributed by atoms with Crippen LogP contribution in [0.1, 0.15) is 6.42 Å². The first-order valence-corrected chi connectivity index (χ1v) is 17.6. The number of hydrogen-bond donors (Lipinski definition) is 0. The Kier molecular flexibility index (Phi) is 8.30. The second kappa shape index (κ2) is 9.49. The van der Waals surface area contributed by atoms with Crippen molar-refractivity contribution < 1.29 is 30.0 Å². The highest BCUT2D eigenvalue weighted by atomic mass is 28.5. The summed E-state index contributed by atoms with van der Waals surface area (Å²) in [6.07, 6.45) is 1.24. The summed E-state index contributed by atoms with van der Waals surface area (Å²) in [7, 11) is -7.66. The Balaban J connectivity index is 1.83. The third kappa shape index (κ3) is 8.15. The minimum absolute atomic E-state index is 0.317. The SMILES string of the molecule is C[Si]1O[Si](C)O[Si](C)O[Si](C)(CCCOCC2CO2)O[Si](C)O1. The standard InChI is InChI=1S/C11H26O7Si5/c1-19-14-20(2)16-22(4)18-23(5,17-21(3)15-19)8-6-7-12-9-11-10-13-11/h11H,6-10H2,1-5H3. The summed E-state index contributed by atoms with van der Waals surface area (Å²) in [5.41, 5.74) is 0. The average Bonchev–Trinajstić information content (AvgIpc) is 3.19. The fraction of sp³-hybridized carbons (Fsp3) is 1.00. The highest BCUT2D eigenvalue weighted by Crippen LogP contribution is 2.21. The van der Waals surface area contributed by atoms with Crippen molar-refractivity contribution in [1.82, 2.24) is 0 Å². The zero-order chi connectivity index (χ0) is 16.9. The molecule has 4 radical (unpaired) electrons. The lowest BCUT2D eigenvalue weighted by atomic mass is 10.5. The largest absolute Gasteiger partial charge is 0.415 e. The van der Waals surface area contributed by atoms with E-state index in [0.717, 1.165) is 19.1 Å². The van der Waals surface area contributed by atoms with Crippen LogP contribution in [0.5, 0.6) is 0 Å². The molecular weight excluding hydrogens is 385 g/mol. The maximum Gasteiger partial charge on any atom is 0.362 e. The van der Waals surface area contributed by atoms with Gasteiger partial charge in [-0.15, -0.1) is 0 Å². The molecule has 23 heavy (non-hydrogen) atoms. The molecule has 2 saturated heterocycles. The van der Waals surface area contributed by atoms with Crippen molar-refractivity contribution in [2.75, 3.05) is 19.8 Å². The van der Waals surface area contributed by atoms with E-state index in [1.54, 1.807) is 0 Å². The minimum atomic E-state index is -2.31. The number of rotatable bonds is 6. The molecule has 0 aliphatic carbocycles. The van der Waals surface area contributed by atoms with E-state index in [1.165, 1.54) is 0 Å². The highest BCUT2D eigenvalue weighted by Gasteiger charge is 2.39. The van der Waals surface area contributed by atoms with Crippen LogP contribution in [0.4, 0.5) is 0 Å². The monoisotopic (exact) mass is 410 g/mol. The van der Waals surface area contributed by atoms with Crippen LogP contribution in [0, 0.1) is 0 Å². The van der Waals surface area contributed by atoms with E-state index < -0.39 is 45.7 Å². The predicted molar refractivity (Wildman–Crippen MR) is 93.5 cm³/mol. The van der Waals surface area contributed by atoms with Gasteiger partial charge >= 0.3 is 45.7 Å². The van der Waals surface area contributed by atoms with E-state index in [4.69, 9.17) is 30.0 Å². The van der Waals surface area contributed by atoms with Gasteiger partial charge in [-0.1, -0.05) is 0 Å². The summed E-state index contributed by atoms with van der Waals surface area (Å²) in [5.74, 6) is 0. The van der Waals surface area contributed by atoms with Gasteiger partial charge in [0.2, 0.25) is 0 Å². The first-order valence-electron chi connectivity index (χ1n) is 7.81. The van der Waals surface area contributed by atoms with E-state index in [0.29, 0.717) is 19.3 Å². The lowest BCUT2D eigenvalue weighted by Gasteiger charge is -2.34. The maximum atomic E-state index is 6.25. The predicted octanol–water partition coefficient (Wildman–Crippen LogP) is 1.43. The lowest BCUT2D eigenvalue weighted by molar-refractivity contribution is 0.115. The van der Waals surface area contributed by atoms with Crippen molar-refractivity contribution in [2.24, 2.45) is 0 Å². The van der Waals surface area contributed by atoms with E-state index in [1.807, 2.05) is 26.2 Å². The van der Waals surface area contributed by atoms with Crippen LogP contribution in [0.25, 0.3) is 0 Å². The normalized spacial score (nSPS) is 28.8. The van der Waals surface area contributed by atoms with Gasteiger partial charge in [0, 0.05) is 6.61 Å². The zero-order valence-corrected chi connectivity index (χ0v) is 19.5. The van der Waals surface area contributed by atoms with Gasteiger partial charge in [0.05, 0.1) is 13.2 Å². The molecule has 0 aromatic rings. The third-order valence-corrected chi connectivity index (χ3v) is 17.1. The molecule has 2 rings (SSSR count). The zero-order valence-electron chi connectivity index (χ0n) is 14.5. The van der Waals surface area contributed by atoms with Crippen molar-refractivity contribution >= 4 is 45.7 Å². The second-order valence-corrected chi connectivity index (χ2v) is 16.5. The molecule has 2 aliphatic rings. The molecule has 0 aromatic heterocycles. The molecule has 0 bridgehead atoms. The van der Waals surface area contributed by atoms with Crippen molar-refractivity contribution in [1.29, 1.82) is 0 Å². The molecular formula is C11H26O7Si5. The van der Waals surface area contributed by atoms with Gasteiger partial charge in [-0.05, 0) is 45.2 Å². The van der Waals surface area contributed by atoms with Crippen LogP contribution in [0.3, 0.4) is 0 Å². The molecule has 2 aliphatic heterocycles. The smallest absolute Gasteiger partial charge is 0.362 e. The Bertz CT molecular complexity index is 344. The average molecular weight is 411 g/mol. The molecule has 0 saturated carbocycles. The fourth-order valence-corrected chi connectivity index (χ4v) is 16.3. The van der Waals surface area contributed by atoms with E-state index >= 15 is 0 Å². The molecule has 2 heterocycles. The fourth-order valence-electron chi connectivity index (χ4n) is 2.30. The molecule has 1 unspecified atom stereocenters. The first-order chi connectivity index (χ1) is 10.9. The van der Waals surface area contributed by atoms with E-state index in [2.05, 4.69) is 6.55 Å². The minimum Gasteiger partial charge on any atom is -0.415 e. The van der Waals surface area contributed by atoms with Gasteiger partial charge in [-0.25, -0.2) is 0 Å². The van der Waals surface area contributed by atoms with Gasteiger partial charge in [0.15, 0.2) is 0 Å². The molecule has 0 spiro atoms. The molecule has 0 N–H and O–H groups in total. The second-order valence-electron chi connectivity index (χ2n) is 5.74. The van der Waals surface area contributed by atoms with Crippen molar-refractivity contribution in [3.63, 3.8) is 0 Å². The summed E-state index contributed by atoms with van der Waals surface area (Å²) >= 11 is 0. The molecule has 2 fully saturated rings. The number of hydrogen-bond acceptors (Lipinski definition) is 7. The van der Waals surface area contributed by atoms with Gasteiger partial charge in [0.25, 0.3) is 0 Å². The van der Waals surface area contributed by atoms with Crippen LogP contribution < -0.4 is 0 Å². The summed E-state index contributed by atoms with van der Waals surface area (Å²) in [6, 6.07) is 0.883. The van der Waals surface area contributed by atoms with E-state index in [-0.39, 0.29) is 0 Å². The molecule has 12 heteroatoms. The Morgan fingerprint density at radius 3 is 2.00 bits per heavy atom. The van der Waals surface area contributed by atoms with Gasteiger partial charge < -0.3 is 30.0 Å². The Morgan fingerprint density at radius 2 is 1.48 bits per heavy atom. The Morgan fingerprint density at radius 1 is 0.957 bits per heavy atom. The van der Waals surface area contributed by atoms with Gasteiger partial charge in [-0.2, -0.15) is 0 Å². The van der Waals surface area contributed by atoms with Crippen molar-refractivity contribution in [2.45, 2.75) is 51.3 Å². The molecule has 0 aromatic carbocycles. The van der Waals surface area contributed by atoms with Gasteiger partial charge in [-0.3, -0.25) is 0 Å². The Labute approximate surface area is 147 Å². The third-order valence-electron chi connectivity index (χ3n) is 3.21. The summed E-state index contributed by atoms with van der Waals surface area (Å²) in [6.45, 7) is 12.4. The molecule has 7 nitrogen and oxygen atoms in total. The summed E-state index contributed by atoms with van der Waals surface area (Å²) < 4.78 is 40.9. The van der Waals surface area contributed by atoms with E-state index in [9.17, 15) is 0 Å². The number of ether oxygens (including phenoxy) is 2. The summed E-state index contributed by atoms with van der Waals surface area (Å²) in [4.78, 5) is 0. The first kappa shape index (κ1) is 20.1. The van der Waals surface area contributed by atoms with Gasteiger partial charge in [0.1, 0.15) is 6.10 Å². The van der Waals surface area contributed by atoms with Crippen LogP contribution in [-0.4, -0.2) is 71.6 Å². The van der Waals surface area contributed by atoms with Crippen LogP contribution in [0.2, 0.25) is 38.8 Å². The molecule has 0 amide bonds. The van der Waals surface area contributed by atoms with Crippen LogP contribution >= 0.6 is 0 Å². The summed E-state index contributed by atoms with van der Waals surface area (Å²) in [5, 5.41) is 0. The Hall–Kier alpha value is 0.804. The van der Waals surface area contributed by atoms with Crippen molar-refractivity contribution in [3.05, 3.63) is 0 Å². The molecule has 132 valence electrons. The van der Waals surface area contributed by atoms with Crippen LogP contribution in [-0.2, 0) is 30.0 Å². The van der Waals surface area contributed by atoms with Crippen LogP contribution in [0.15, 0.2) is 0 Å². The quantitative estimate of drug-likeness (QED) is 0.373. The molecule has 1 atom stereocenters. The lowest BCUT2D eigenvalue weighted by Crippen LogP contribution is -2.52. The highest BCUT2D eigenvalue weighted by molar-refractivity contribution is 6.80. The van der Waals surface area contributed by atoms with Crippen molar-refractivity contribution in [3.8, 4) is 0 Å². The maximum absolute atomic E-state index is 6.25. The topological polar surface area (TPSA) is 67.9 Å².